The topological polar surface area (TPSA) is 50.4 Å². The predicted molar refractivity (Wildman–Crippen MR) is 106 cm³/mol. The Morgan fingerprint density at radius 1 is 1.28 bits per heavy atom. The number of amides is 1. The lowest BCUT2D eigenvalue weighted by Gasteiger charge is -2.17. The molecule has 0 saturated carbocycles. The lowest BCUT2D eigenvalue weighted by Crippen LogP contribution is -2.30. The van der Waals surface area contributed by atoms with Gasteiger partial charge >= 0.3 is 0 Å². The third-order valence-corrected chi connectivity index (χ3v) is 4.87. The van der Waals surface area contributed by atoms with Crippen LogP contribution in [0.25, 0.3) is 0 Å². The first-order valence-electron chi connectivity index (χ1n) is 8.41. The van der Waals surface area contributed by atoms with Crippen LogP contribution in [0.4, 0.5) is 5.69 Å². The predicted octanol–water partition coefficient (Wildman–Crippen LogP) is 4.62. The number of hydrogen-bond acceptors (Lipinski definition) is 3. The van der Waals surface area contributed by atoms with E-state index in [1.54, 1.807) is 7.11 Å². The highest BCUT2D eigenvalue weighted by Crippen LogP contribution is 2.28. The number of anilines is 1. The van der Waals surface area contributed by atoms with Crippen LogP contribution >= 0.6 is 15.9 Å². The summed E-state index contributed by atoms with van der Waals surface area (Å²) in [5.74, 6) is 0.753. The Hall–Kier alpha value is -1.85. The number of ether oxygens (including phenoxy) is 1. The minimum atomic E-state index is -0.0385. The fraction of sp³-hybridized carbons (Fsp3) is 0.350. The second-order valence-electron chi connectivity index (χ2n) is 6.01. The quantitative estimate of drug-likeness (QED) is 0.707. The number of carbonyl (C=O) groups is 1. The normalized spacial score (nSPS) is 11.9. The van der Waals surface area contributed by atoms with Gasteiger partial charge in [-0.25, -0.2) is 0 Å². The highest BCUT2D eigenvalue weighted by Gasteiger charge is 2.12. The van der Waals surface area contributed by atoms with Crippen LogP contribution in [0.5, 0.6) is 5.75 Å². The van der Waals surface area contributed by atoms with Crippen LogP contribution in [0.1, 0.15) is 36.6 Å². The molecule has 0 fully saturated rings. The summed E-state index contributed by atoms with van der Waals surface area (Å²) in [7, 11) is 1.64. The van der Waals surface area contributed by atoms with E-state index in [1.165, 1.54) is 0 Å². The number of aryl methyl sites for hydroxylation is 2. The molecule has 0 radical (unpaired) electrons. The lowest BCUT2D eigenvalue weighted by atomic mass is 10.1. The molecule has 0 bridgehead atoms. The van der Waals surface area contributed by atoms with Gasteiger partial charge in [0.05, 0.1) is 18.1 Å². The standard InChI is InChI=1S/C20H25BrN2O2/c1-5-15-8-6-7-13(2)20(15)23-19(24)12-22-14(3)16-9-10-18(25-4)17(21)11-16/h6-11,14,22H,5,12H2,1-4H3,(H,23,24)/t14-/m0/s1. The van der Waals surface area contributed by atoms with Gasteiger partial charge in [0.2, 0.25) is 5.91 Å². The molecule has 0 saturated heterocycles. The monoisotopic (exact) mass is 404 g/mol. The van der Waals surface area contributed by atoms with E-state index in [9.17, 15) is 4.79 Å². The maximum absolute atomic E-state index is 12.3. The molecule has 2 aromatic rings. The van der Waals surface area contributed by atoms with Crippen LogP contribution < -0.4 is 15.4 Å². The minimum Gasteiger partial charge on any atom is -0.496 e. The van der Waals surface area contributed by atoms with Crippen LogP contribution in [0.15, 0.2) is 40.9 Å². The van der Waals surface area contributed by atoms with Gasteiger partial charge in [0, 0.05) is 11.7 Å². The van der Waals surface area contributed by atoms with E-state index in [4.69, 9.17) is 4.74 Å². The zero-order chi connectivity index (χ0) is 18.4. The minimum absolute atomic E-state index is 0.0385. The number of rotatable bonds is 7. The summed E-state index contributed by atoms with van der Waals surface area (Å²) in [4.78, 5) is 12.3. The number of carbonyl (C=O) groups excluding carboxylic acids is 1. The number of methoxy groups -OCH3 is 1. The second kappa shape index (κ2) is 9.02. The Bertz CT molecular complexity index is 746. The van der Waals surface area contributed by atoms with E-state index >= 15 is 0 Å². The van der Waals surface area contributed by atoms with E-state index in [2.05, 4.69) is 33.5 Å². The van der Waals surface area contributed by atoms with Crippen molar-refractivity contribution in [2.45, 2.75) is 33.2 Å². The molecule has 0 unspecified atom stereocenters. The average molecular weight is 405 g/mol. The van der Waals surface area contributed by atoms with Crippen molar-refractivity contribution in [3.63, 3.8) is 0 Å². The van der Waals surface area contributed by atoms with Gasteiger partial charge in [0.25, 0.3) is 0 Å². The first-order valence-corrected chi connectivity index (χ1v) is 9.20. The highest BCUT2D eigenvalue weighted by atomic mass is 79.9. The largest absolute Gasteiger partial charge is 0.496 e. The molecule has 0 heterocycles. The zero-order valence-corrected chi connectivity index (χ0v) is 16.7. The van der Waals surface area contributed by atoms with Gasteiger partial charge in [-0.2, -0.15) is 0 Å². The third-order valence-electron chi connectivity index (χ3n) is 4.25. The Labute approximate surface area is 158 Å². The third kappa shape index (κ3) is 5.06. The summed E-state index contributed by atoms with van der Waals surface area (Å²) in [6.45, 7) is 6.39. The molecule has 5 heteroatoms. The molecule has 2 N–H and O–H groups in total. The molecule has 134 valence electrons. The zero-order valence-electron chi connectivity index (χ0n) is 15.2. The summed E-state index contributed by atoms with van der Waals surface area (Å²) in [6, 6.07) is 12.0. The van der Waals surface area contributed by atoms with Crippen molar-refractivity contribution in [2.24, 2.45) is 0 Å². The van der Waals surface area contributed by atoms with E-state index < -0.39 is 0 Å². The van der Waals surface area contributed by atoms with Crippen molar-refractivity contribution < 1.29 is 9.53 Å². The van der Waals surface area contributed by atoms with Gasteiger partial charge in [-0.1, -0.05) is 31.2 Å². The smallest absolute Gasteiger partial charge is 0.238 e. The molecule has 0 aliphatic heterocycles. The van der Waals surface area contributed by atoms with Gasteiger partial charge < -0.3 is 15.4 Å². The molecule has 2 rings (SSSR count). The molecule has 2 aromatic carbocycles. The molecule has 0 aromatic heterocycles. The van der Waals surface area contributed by atoms with Crippen molar-refractivity contribution in [3.05, 3.63) is 57.6 Å². The van der Waals surface area contributed by atoms with Gasteiger partial charge in [0.1, 0.15) is 5.75 Å². The molecule has 4 nitrogen and oxygen atoms in total. The SMILES string of the molecule is CCc1cccc(C)c1NC(=O)CN[C@@H](C)c1ccc(OC)c(Br)c1. The van der Waals surface area contributed by atoms with Crippen molar-refractivity contribution >= 4 is 27.5 Å². The van der Waals surface area contributed by atoms with Gasteiger partial charge in [-0.15, -0.1) is 0 Å². The maximum atomic E-state index is 12.3. The molecule has 25 heavy (non-hydrogen) atoms. The van der Waals surface area contributed by atoms with E-state index in [-0.39, 0.29) is 18.5 Å². The Kier molecular flexibility index (Phi) is 7.02. The van der Waals surface area contributed by atoms with Crippen molar-refractivity contribution in [1.82, 2.24) is 5.32 Å². The maximum Gasteiger partial charge on any atom is 0.238 e. The number of benzene rings is 2. The number of nitrogens with one attached hydrogen (secondary N) is 2. The summed E-state index contributed by atoms with van der Waals surface area (Å²) in [5, 5.41) is 6.30. The fourth-order valence-electron chi connectivity index (χ4n) is 2.70. The highest BCUT2D eigenvalue weighted by molar-refractivity contribution is 9.10. The number of hydrogen-bond donors (Lipinski definition) is 2. The first kappa shape index (κ1) is 19.5. The average Bonchev–Trinajstić information content (AvgIpc) is 2.61. The summed E-state index contributed by atoms with van der Waals surface area (Å²) < 4.78 is 6.15. The molecule has 0 spiro atoms. The van der Waals surface area contributed by atoms with Gasteiger partial charge in [0.15, 0.2) is 0 Å². The number of para-hydroxylation sites is 1. The second-order valence-corrected chi connectivity index (χ2v) is 6.86. The van der Waals surface area contributed by atoms with Crippen LogP contribution in [0.3, 0.4) is 0 Å². The molecular formula is C20H25BrN2O2. The van der Waals surface area contributed by atoms with Crippen LogP contribution in [-0.4, -0.2) is 19.6 Å². The Morgan fingerprint density at radius 2 is 2.04 bits per heavy atom. The molecule has 0 aliphatic carbocycles. The fourth-order valence-corrected chi connectivity index (χ4v) is 3.26. The van der Waals surface area contributed by atoms with Crippen LogP contribution in [-0.2, 0) is 11.2 Å². The van der Waals surface area contributed by atoms with Gasteiger partial charge in [-0.05, 0) is 65.0 Å². The Morgan fingerprint density at radius 3 is 2.68 bits per heavy atom. The molecular weight excluding hydrogens is 380 g/mol. The number of halogens is 1. The molecule has 0 aliphatic rings. The molecule has 1 atom stereocenters. The van der Waals surface area contributed by atoms with Crippen molar-refractivity contribution in [2.75, 3.05) is 19.0 Å². The van der Waals surface area contributed by atoms with Crippen LogP contribution in [0.2, 0.25) is 0 Å². The summed E-state index contributed by atoms with van der Waals surface area (Å²) >= 11 is 3.49. The molecule has 1 amide bonds. The first-order chi connectivity index (χ1) is 12.0. The van der Waals surface area contributed by atoms with Crippen LogP contribution in [0, 0.1) is 6.92 Å². The van der Waals surface area contributed by atoms with Crippen molar-refractivity contribution in [1.29, 1.82) is 0 Å². The van der Waals surface area contributed by atoms with Gasteiger partial charge in [-0.3, -0.25) is 4.79 Å². The van der Waals surface area contributed by atoms with E-state index in [0.29, 0.717) is 0 Å². The summed E-state index contributed by atoms with van der Waals surface area (Å²) in [6.07, 6.45) is 0.890. The van der Waals surface area contributed by atoms with E-state index in [0.717, 1.165) is 39.0 Å². The summed E-state index contributed by atoms with van der Waals surface area (Å²) in [5.41, 5.74) is 4.25. The Balaban J connectivity index is 1.97. The lowest BCUT2D eigenvalue weighted by molar-refractivity contribution is -0.115. The van der Waals surface area contributed by atoms with E-state index in [1.807, 2.05) is 50.2 Å². The van der Waals surface area contributed by atoms with Crippen molar-refractivity contribution in [3.8, 4) is 5.75 Å².